The second-order valence-electron chi connectivity index (χ2n) is 8.64. The number of hydrogen-bond acceptors (Lipinski definition) is 4. The largest absolute Gasteiger partial charge is 0.372 e. The van der Waals surface area contributed by atoms with Gasteiger partial charge < -0.3 is 25.3 Å². The monoisotopic (exact) mass is 414 g/mol. The Morgan fingerprint density at radius 3 is 2.47 bits per heavy atom. The van der Waals surface area contributed by atoms with E-state index in [0.29, 0.717) is 0 Å². The number of hydrogen-bond donors (Lipinski definition) is 2. The first-order valence-electron chi connectivity index (χ1n) is 12.0. The summed E-state index contributed by atoms with van der Waals surface area (Å²) < 4.78 is 0. The Labute approximate surface area is 183 Å². The van der Waals surface area contributed by atoms with Crippen LogP contribution in [0.1, 0.15) is 51.1 Å². The number of nitrogens with one attached hydrogen (secondary N) is 2. The van der Waals surface area contributed by atoms with Crippen LogP contribution in [0.4, 0.5) is 5.69 Å². The minimum Gasteiger partial charge on any atom is -0.372 e. The number of likely N-dealkylation sites (N-methyl/N-ethyl adjacent to an activating group) is 1. The van der Waals surface area contributed by atoms with Gasteiger partial charge in [-0.1, -0.05) is 19.1 Å². The molecule has 2 aliphatic heterocycles. The first-order chi connectivity index (χ1) is 14.7. The van der Waals surface area contributed by atoms with Crippen LogP contribution in [0.3, 0.4) is 0 Å². The summed E-state index contributed by atoms with van der Waals surface area (Å²) in [5, 5.41) is 7.05. The summed E-state index contributed by atoms with van der Waals surface area (Å²) in [6, 6.07) is 9.18. The Morgan fingerprint density at radius 1 is 1.03 bits per heavy atom. The molecule has 1 aromatic rings. The molecule has 30 heavy (non-hydrogen) atoms. The van der Waals surface area contributed by atoms with E-state index in [1.54, 1.807) is 0 Å². The van der Waals surface area contributed by atoms with Crippen molar-refractivity contribution in [2.24, 2.45) is 4.99 Å². The lowest BCUT2D eigenvalue weighted by molar-refractivity contribution is 0.136. The van der Waals surface area contributed by atoms with Gasteiger partial charge in [-0.05, 0) is 63.4 Å². The third-order valence-corrected chi connectivity index (χ3v) is 6.52. The number of piperazine rings is 1. The topological polar surface area (TPSA) is 46.1 Å². The Hall–Kier alpha value is -1.79. The number of nitrogens with zero attached hydrogens (tertiary/aromatic N) is 4. The second kappa shape index (κ2) is 12.2. The van der Waals surface area contributed by atoms with Crippen molar-refractivity contribution in [3.8, 4) is 0 Å². The van der Waals surface area contributed by atoms with Crippen molar-refractivity contribution in [1.29, 1.82) is 0 Å². The fraction of sp³-hybridized carbons (Fsp3) is 0.708. The predicted molar refractivity (Wildman–Crippen MR) is 129 cm³/mol. The van der Waals surface area contributed by atoms with Crippen molar-refractivity contribution >= 4 is 11.6 Å². The molecular weight excluding hydrogens is 372 g/mol. The number of anilines is 1. The molecule has 1 atom stereocenters. The number of benzene rings is 1. The summed E-state index contributed by atoms with van der Waals surface area (Å²) in [5.74, 6) is 0.894. The molecule has 0 aromatic heterocycles. The van der Waals surface area contributed by atoms with E-state index in [1.165, 1.54) is 89.3 Å². The molecule has 1 unspecified atom stereocenters. The summed E-state index contributed by atoms with van der Waals surface area (Å²) in [6.45, 7) is 15.1. The molecule has 3 rings (SSSR count). The summed E-state index contributed by atoms with van der Waals surface area (Å²) in [7, 11) is 1.86. The quantitative estimate of drug-likeness (QED) is 0.370. The maximum atomic E-state index is 4.43. The summed E-state index contributed by atoms with van der Waals surface area (Å²) in [4.78, 5) is 12.1. The first kappa shape index (κ1) is 22.9. The van der Waals surface area contributed by atoms with Crippen molar-refractivity contribution in [3.05, 3.63) is 29.8 Å². The van der Waals surface area contributed by atoms with E-state index in [4.69, 9.17) is 0 Å². The zero-order valence-electron chi connectivity index (χ0n) is 19.4. The summed E-state index contributed by atoms with van der Waals surface area (Å²) in [5.41, 5.74) is 2.66. The van der Waals surface area contributed by atoms with Crippen molar-refractivity contribution in [2.45, 2.75) is 45.6 Å². The smallest absolute Gasteiger partial charge is 0.191 e. The molecule has 0 amide bonds. The van der Waals surface area contributed by atoms with Gasteiger partial charge in [0.25, 0.3) is 0 Å². The van der Waals surface area contributed by atoms with Crippen LogP contribution in [0, 0.1) is 0 Å². The van der Waals surface area contributed by atoms with Crippen LogP contribution < -0.4 is 15.5 Å². The van der Waals surface area contributed by atoms with E-state index in [2.05, 4.69) is 68.4 Å². The van der Waals surface area contributed by atoms with Crippen LogP contribution in [-0.2, 0) is 0 Å². The molecule has 1 aromatic carbocycles. The molecule has 0 radical (unpaired) electrons. The Morgan fingerprint density at radius 2 is 1.77 bits per heavy atom. The third-order valence-electron chi connectivity index (χ3n) is 6.52. The van der Waals surface area contributed by atoms with Crippen LogP contribution in [0.25, 0.3) is 0 Å². The molecule has 0 aliphatic carbocycles. The van der Waals surface area contributed by atoms with Crippen molar-refractivity contribution in [3.63, 3.8) is 0 Å². The van der Waals surface area contributed by atoms with Gasteiger partial charge in [-0.3, -0.25) is 4.99 Å². The lowest BCUT2D eigenvalue weighted by Crippen LogP contribution is -2.46. The van der Waals surface area contributed by atoms with Crippen LogP contribution in [0.5, 0.6) is 0 Å². The highest BCUT2D eigenvalue weighted by Gasteiger charge is 2.16. The molecule has 0 spiro atoms. The zero-order valence-corrected chi connectivity index (χ0v) is 19.4. The van der Waals surface area contributed by atoms with Gasteiger partial charge in [0.1, 0.15) is 0 Å². The average Bonchev–Trinajstić information content (AvgIpc) is 3.33. The highest BCUT2D eigenvalue weighted by molar-refractivity contribution is 5.80. The molecule has 2 N–H and O–H groups in total. The van der Waals surface area contributed by atoms with E-state index in [1.807, 2.05) is 7.05 Å². The average molecular weight is 415 g/mol. The molecule has 168 valence electrons. The van der Waals surface area contributed by atoms with Gasteiger partial charge in [0.2, 0.25) is 0 Å². The molecule has 6 heteroatoms. The van der Waals surface area contributed by atoms with Crippen molar-refractivity contribution < 1.29 is 0 Å². The molecule has 6 nitrogen and oxygen atoms in total. The van der Waals surface area contributed by atoms with Gasteiger partial charge in [0.05, 0.1) is 6.04 Å². The Kier molecular flexibility index (Phi) is 9.27. The number of guanidine groups is 1. The van der Waals surface area contributed by atoms with Gasteiger partial charge >= 0.3 is 0 Å². The van der Waals surface area contributed by atoms with E-state index in [0.717, 1.165) is 12.5 Å². The van der Waals surface area contributed by atoms with Gasteiger partial charge in [-0.2, -0.15) is 0 Å². The summed E-state index contributed by atoms with van der Waals surface area (Å²) in [6.07, 6.45) is 5.03. The fourth-order valence-electron chi connectivity index (χ4n) is 4.45. The van der Waals surface area contributed by atoms with Crippen LogP contribution in [-0.4, -0.2) is 81.7 Å². The minimum absolute atomic E-state index is 0.230. The molecule has 0 saturated carbocycles. The maximum Gasteiger partial charge on any atom is 0.191 e. The molecule has 2 aliphatic rings. The highest BCUT2D eigenvalue weighted by atomic mass is 15.3. The van der Waals surface area contributed by atoms with Gasteiger partial charge in [-0.15, -0.1) is 0 Å². The van der Waals surface area contributed by atoms with Gasteiger partial charge in [0, 0.05) is 58.5 Å². The minimum atomic E-state index is 0.230. The normalized spacial score (nSPS) is 19.8. The number of aliphatic imine (C=N–C) groups is 1. The molecular formula is C24H42N6. The van der Waals surface area contributed by atoms with Crippen molar-refractivity contribution in [1.82, 2.24) is 20.4 Å². The number of rotatable bonds is 9. The summed E-state index contributed by atoms with van der Waals surface area (Å²) >= 11 is 0. The Bertz CT molecular complexity index is 647. The first-order valence-corrected chi connectivity index (χ1v) is 12.0. The highest BCUT2D eigenvalue weighted by Crippen LogP contribution is 2.23. The van der Waals surface area contributed by atoms with Gasteiger partial charge in [0.15, 0.2) is 5.96 Å². The number of unbranched alkanes of at least 4 members (excludes halogenated alkanes) is 1. The molecule has 0 bridgehead atoms. The van der Waals surface area contributed by atoms with Gasteiger partial charge in [-0.25, -0.2) is 0 Å². The van der Waals surface area contributed by atoms with E-state index in [-0.39, 0.29) is 6.04 Å². The molecule has 2 saturated heterocycles. The lowest BCUT2D eigenvalue weighted by Gasteiger charge is -2.34. The molecule has 2 heterocycles. The third kappa shape index (κ3) is 6.88. The van der Waals surface area contributed by atoms with Crippen LogP contribution in [0.2, 0.25) is 0 Å². The fourth-order valence-corrected chi connectivity index (χ4v) is 4.45. The zero-order chi connectivity index (χ0) is 21.2. The van der Waals surface area contributed by atoms with E-state index in [9.17, 15) is 0 Å². The lowest BCUT2D eigenvalue weighted by atomic mass is 10.1. The predicted octanol–water partition coefficient (Wildman–Crippen LogP) is 2.93. The van der Waals surface area contributed by atoms with Crippen LogP contribution >= 0.6 is 0 Å². The second-order valence-corrected chi connectivity index (χ2v) is 8.64. The SMILES string of the molecule is CCN1CCN(CCCCNC(=NC)NC(C)c2cccc(N3CCCC3)c2)CC1. The van der Waals surface area contributed by atoms with Crippen LogP contribution in [0.15, 0.2) is 29.3 Å². The van der Waals surface area contributed by atoms with Crippen molar-refractivity contribution in [2.75, 3.05) is 70.9 Å². The molecule has 2 fully saturated rings. The Balaban J connectivity index is 1.35. The van der Waals surface area contributed by atoms with E-state index >= 15 is 0 Å². The maximum absolute atomic E-state index is 4.43. The standard InChI is InChI=1S/C24H42N6/c1-4-28-16-18-29(19-17-28)13-6-5-12-26-24(25-3)27-21(2)22-10-9-11-23(20-22)30-14-7-8-15-30/h9-11,20-21H,4-8,12-19H2,1-3H3,(H2,25,26,27). The van der Waals surface area contributed by atoms with E-state index < -0.39 is 0 Å².